The number of aromatic nitrogens is 2. The fourth-order valence-electron chi connectivity index (χ4n) is 3.24. The SMILES string of the molecule is CCn1ncc(Br)c1C1CCCCCC1CNC. The number of hydrogen-bond donors (Lipinski definition) is 1. The molecule has 1 aromatic rings. The minimum absolute atomic E-state index is 0.650. The Balaban J connectivity index is 2.28. The molecular formula is C14H24BrN3. The molecule has 0 aromatic carbocycles. The molecule has 1 aromatic heterocycles. The summed E-state index contributed by atoms with van der Waals surface area (Å²) in [5.41, 5.74) is 1.42. The van der Waals surface area contributed by atoms with Gasteiger partial charge in [0.25, 0.3) is 0 Å². The molecule has 18 heavy (non-hydrogen) atoms. The normalized spacial score (nSPS) is 25.1. The molecule has 1 N–H and O–H groups in total. The van der Waals surface area contributed by atoms with Crippen LogP contribution in [0.1, 0.15) is 50.6 Å². The highest BCUT2D eigenvalue weighted by Crippen LogP contribution is 2.39. The molecule has 1 aliphatic rings. The van der Waals surface area contributed by atoms with Crippen LogP contribution < -0.4 is 5.32 Å². The van der Waals surface area contributed by atoms with Crippen LogP contribution in [0.3, 0.4) is 0 Å². The molecule has 4 heteroatoms. The number of nitrogens with zero attached hydrogens (tertiary/aromatic N) is 2. The minimum Gasteiger partial charge on any atom is -0.319 e. The smallest absolute Gasteiger partial charge is 0.0635 e. The van der Waals surface area contributed by atoms with E-state index in [1.165, 1.54) is 42.3 Å². The summed E-state index contributed by atoms with van der Waals surface area (Å²) in [5, 5.41) is 7.85. The van der Waals surface area contributed by atoms with Gasteiger partial charge in [-0.3, -0.25) is 4.68 Å². The van der Waals surface area contributed by atoms with Gasteiger partial charge < -0.3 is 5.32 Å². The second kappa shape index (κ2) is 6.71. The zero-order chi connectivity index (χ0) is 13.0. The van der Waals surface area contributed by atoms with Crippen LogP contribution in [0.25, 0.3) is 0 Å². The van der Waals surface area contributed by atoms with Crippen molar-refractivity contribution in [1.82, 2.24) is 15.1 Å². The zero-order valence-corrected chi connectivity index (χ0v) is 13.0. The van der Waals surface area contributed by atoms with Crippen molar-refractivity contribution in [1.29, 1.82) is 0 Å². The highest BCUT2D eigenvalue weighted by Gasteiger charge is 2.28. The number of rotatable bonds is 4. The van der Waals surface area contributed by atoms with E-state index in [9.17, 15) is 0 Å². The Kier molecular flexibility index (Phi) is 5.25. The molecule has 102 valence electrons. The third-order valence-corrected chi connectivity index (χ3v) is 4.72. The van der Waals surface area contributed by atoms with E-state index in [0.29, 0.717) is 5.92 Å². The molecular weight excluding hydrogens is 290 g/mol. The van der Waals surface area contributed by atoms with Gasteiger partial charge in [-0.25, -0.2) is 0 Å². The third-order valence-electron chi connectivity index (χ3n) is 4.11. The third kappa shape index (κ3) is 2.97. The average molecular weight is 314 g/mol. The second-order valence-corrected chi connectivity index (χ2v) is 6.11. The molecule has 2 unspecified atom stereocenters. The zero-order valence-electron chi connectivity index (χ0n) is 11.5. The van der Waals surface area contributed by atoms with Gasteiger partial charge in [0.1, 0.15) is 0 Å². The molecule has 0 spiro atoms. The second-order valence-electron chi connectivity index (χ2n) is 5.26. The number of hydrogen-bond acceptors (Lipinski definition) is 2. The number of nitrogens with one attached hydrogen (secondary N) is 1. The van der Waals surface area contributed by atoms with Crippen LogP contribution in [-0.2, 0) is 6.54 Å². The molecule has 1 heterocycles. The fraction of sp³-hybridized carbons (Fsp3) is 0.786. The van der Waals surface area contributed by atoms with E-state index in [4.69, 9.17) is 0 Å². The van der Waals surface area contributed by atoms with Gasteiger partial charge in [-0.15, -0.1) is 0 Å². The highest BCUT2D eigenvalue weighted by molar-refractivity contribution is 9.10. The molecule has 1 saturated carbocycles. The lowest BCUT2D eigenvalue weighted by atomic mass is 9.85. The molecule has 1 fully saturated rings. The number of halogens is 1. The first kappa shape index (κ1) is 14.1. The van der Waals surface area contributed by atoms with Crippen LogP contribution in [-0.4, -0.2) is 23.4 Å². The van der Waals surface area contributed by atoms with Crippen LogP contribution in [0.15, 0.2) is 10.7 Å². The van der Waals surface area contributed by atoms with Gasteiger partial charge in [-0.1, -0.05) is 19.3 Å². The summed E-state index contributed by atoms with van der Waals surface area (Å²) in [6, 6.07) is 0. The lowest BCUT2D eigenvalue weighted by molar-refractivity contribution is 0.365. The Hall–Kier alpha value is -0.350. The molecule has 0 bridgehead atoms. The Bertz CT molecular complexity index is 375. The van der Waals surface area contributed by atoms with Gasteiger partial charge in [0, 0.05) is 12.5 Å². The van der Waals surface area contributed by atoms with Crippen molar-refractivity contribution in [2.75, 3.05) is 13.6 Å². The molecule has 0 saturated heterocycles. The van der Waals surface area contributed by atoms with Gasteiger partial charge in [0.2, 0.25) is 0 Å². The monoisotopic (exact) mass is 313 g/mol. The van der Waals surface area contributed by atoms with E-state index in [0.717, 1.165) is 19.0 Å². The molecule has 1 aliphatic carbocycles. The van der Waals surface area contributed by atoms with Crippen LogP contribution in [0.5, 0.6) is 0 Å². The summed E-state index contributed by atoms with van der Waals surface area (Å²) >= 11 is 3.69. The van der Waals surface area contributed by atoms with E-state index in [1.54, 1.807) is 0 Å². The Morgan fingerprint density at radius 3 is 2.89 bits per heavy atom. The van der Waals surface area contributed by atoms with Crippen molar-refractivity contribution < 1.29 is 0 Å². The van der Waals surface area contributed by atoms with Crippen molar-refractivity contribution >= 4 is 15.9 Å². The standard InChI is InChI=1S/C14H24BrN3/c1-3-18-14(13(15)10-17-18)12-8-6-4-5-7-11(12)9-16-2/h10-12,16H,3-9H2,1-2H3. The maximum Gasteiger partial charge on any atom is 0.0635 e. The summed E-state index contributed by atoms with van der Waals surface area (Å²) in [6.07, 6.45) is 8.71. The van der Waals surface area contributed by atoms with Crippen molar-refractivity contribution in [2.24, 2.45) is 5.92 Å². The highest BCUT2D eigenvalue weighted by atomic mass is 79.9. The maximum absolute atomic E-state index is 4.48. The first-order chi connectivity index (χ1) is 8.77. The van der Waals surface area contributed by atoms with Crippen molar-refractivity contribution in [3.63, 3.8) is 0 Å². The van der Waals surface area contributed by atoms with E-state index in [1.807, 2.05) is 6.20 Å². The van der Waals surface area contributed by atoms with Gasteiger partial charge in [-0.2, -0.15) is 5.10 Å². The Labute approximate surface area is 118 Å². The Morgan fingerprint density at radius 2 is 2.17 bits per heavy atom. The van der Waals surface area contributed by atoms with Crippen molar-refractivity contribution in [3.05, 3.63) is 16.4 Å². The molecule has 0 aliphatic heterocycles. The summed E-state index contributed by atoms with van der Waals surface area (Å²) < 4.78 is 3.36. The molecule has 3 nitrogen and oxygen atoms in total. The molecule has 0 amide bonds. The molecule has 0 radical (unpaired) electrons. The fourth-order valence-corrected chi connectivity index (χ4v) is 3.83. The topological polar surface area (TPSA) is 29.9 Å². The van der Waals surface area contributed by atoms with Gasteiger partial charge in [-0.05, 0) is 55.2 Å². The number of aryl methyl sites for hydroxylation is 1. The van der Waals surface area contributed by atoms with E-state index in [2.05, 4.69) is 45.0 Å². The van der Waals surface area contributed by atoms with Gasteiger partial charge >= 0.3 is 0 Å². The minimum atomic E-state index is 0.650. The quantitative estimate of drug-likeness (QED) is 0.861. The summed E-state index contributed by atoms with van der Waals surface area (Å²) in [4.78, 5) is 0. The predicted octanol–water partition coefficient (Wildman–Crippen LogP) is 3.55. The van der Waals surface area contributed by atoms with E-state index in [-0.39, 0.29) is 0 Å². The lowest BCUT2D eigenvalue weighted by Crippen LogP contribution is -2.26. The van der Waals surface area contributed by atoms with Crippen molar-refractivity contribution in [2.45, 2.75) is 51.5 Å². The first-order valence-electron chi connectivity index (χ1n) is 7.13. The lowest BCUT2D eigenvalue weighted by Gasteiger charge is -2.26. The van der Waals surface area contributed by atoms with E-state index >= 15 is 0 Å². The average Bonchev–Trinajstić information content (AvgIpc) is 2.59. The molecule has 2 rings (SSSR count). The van der Waals surface area contributed by atoms with Crippen LogP contribution >= 0.6 is 15.9 Å². The Morgan fingerprint density at radius 1 is 1.39 bits per heavy atom. The largest absolute Gasteiger partial charge is 0.319 e. The summed E-state index contributed by atoms with van der Waals surface area (Å²) in [5.74, 6) is 1.40. The van der Waals surface area contributed by atoms with Gasteiger partial charge in [0.15, 0.2) is 0 Å². The van der Waals surface area contributed by atoms with Crippen LogP contribution in [0.2, 0.25) is 0 Å². The van der Waals surface area contributed by atoms with Crippen LogP contribution in [0.4, 0.5) is 0 Å². The first-order valence-corrected chi connectivity index (χ1v) is 7.93. The maximum atomic E-state index is 4.48. The summed E-state index contributed by atoms with van der Waals surface area (Å²) in [6.45, 7) is 4.25. The molecule has 2 atom stereocenters. The summed E-state index contributed by atoms with van der Waals surface area (Å²) in [7, 11) is 2.06. The predicted molar refractivity (Wildman–Crippen MR) is 78.8 cm³/mol. The van der Waals surface area contributed by atoms with Crippen LogP contribution in [0, 0.1) is 5.92 Å². The van der Waals surface area contributed by atoms with Crippen molar-refractivity contribution in [3.8, 4) is 0 Å². The van der Waals surface area contributed by atoms with Gasteiger partial charge in [0.05, 0.1) is 16.4 Å². The van der Waals surface area contributed by atoms with E-state index < -0.39 is 0 Å².